The van der Waals surface area contributed by atoms with E-state index in [-0.39, 0.29) is 19.1 Å². The Morgan fingerprint density at radius 2 is 1.77 bits per heavy atom. The topological polar surface area (TPSA) is 124 Å². The SMILES string of the molecule is Cc1oc(-c2ccc(-c3ccccn3)cc2)nc1CCOc1ccc(CCC(=O)O)c(CNC(=O)OC(C)C)c1. The molecule has 0 aliphatic carbocycles. The highest BCUT2D eigenvalue weighted by Gasteiger charge is 2.14. The van der Waals surface area contributed by atoms with Crippen molar-refractivity contribution < 1.29 is 28.6 Å². The molecule has 40 heavy (non-hydrogen) atoms. The van der Waals surface area contributed by atoms with Gasteiger partial charge in [-0.05, 0) is 74.7 Å². The van der Waals surface area contributed by atoms with Gasteiger partial charge >= 0.3 is 12.1 Å². The van der Waals surface area contributed by atoms with E-state index in [1.165, 1.54) is 0 Å². The van der Waals surface area contributed by atoms with Gasteiger partial charge < -0.3 is 24.3 Å². The lowest BCUT2D eigenvalue weighted by Crippen LogP contribution is -2.26. The fourth-order valence-corrected chi connectivity index (χ4v) is 4.13. The number of pyridine rings is 1. The number of aliphatic carboxylic acids is 1. The van der Waals surface area contributed by atoms with Gasteiger partial charge in [-0.2, -0.15) is 0 Å². The Morgan fingerprint density at radius 3 is 2.48 bits per heavy atom. The molecule has 9 heteroatoms. The number of nitrogens with one attached hydrogen (secondary N) is 1. The molecule has 0 fully saturated rings. The molecule has 2 aromatic heterocycles. The number of aromatic nitrogens is 2. The minimum atomic E-state index is -0.884. The van der Waals surface area contributed by atoms with Crippen molar-refractivity contribution >= 4 is 12.1 Å². The third kappa shape index (κ3) is 7.92. The predicted molar refractivity (Wildman–Crippen MR) is 150 cm³/mol. The standard InChI is InChI=1S/C31H33N3O6/c1-20(2)39-31(37)33-19-25-18-26(13-11-22(25)12-14-29(35)36)38-17-15-27-21(3)40-30(34-27)24-9-7-23(8-10-24)28-6-4-5-16-32-28/h4-11,13,16,18,20H,12,14-15,17,19H2,1-3H3,(H,33,37)(H,35,36). The van der Waals surface area contributed by atoms with E-state index in [2.05, 4.69) is 15.3 Å². The number of carboxylic acid groups (broad SMARTS) is 1. The molecule has 4 aromatic rings. The molecular formula is C31H33N3O6. The first-order valence-electron chi connectivity index (χ1n) is 13.2. The van der Waals surface area contributed by atoms with E-state index in [0.29, 0.717) is 31.1 Å². The van der Waals surface area contributed by atoms with Crippen LogP contribution in [0.2, 0.25) is 0 Å². The zero-order chi connectivity index (χ0) is 28.5. The van der Waals surface area contributed by atoms with Gasteiger partial charge in [-0.1, -0.05) is 24.3 Å². The fourth-order valence-electron chi connectivity index (χ4n) is 4.13. The van der Waals surface area contributed by atoms with Crippen molar-refractivity contribution in [3.63, 3.8) is 0 Å². The van der Waals surface area contributed by atoms with Crippen LogP contribution in [-0.2, 0) is 28.9 Å². The molecule has 2 heterocycles. The number of hydrogen-bond acceptors (Lipinski definition) is 7. The molecule has 4 rings (SSSR count). The van der Waals surface area contributed by atoms with Gasteiger partial charge in [0, 0.05) is 36.7 Å². The first kappa shape index (κ1) is 28.4. The van der Waals surface area contributed by atoms with Gasteiger partial charge in [0.25, 0.3) is 0 Å². The summed E-state index contributed by atoms with van der Waals surface area (Å²) in [5, 5.41) is 11.8. The van der Waals surface area contributed by atoms with E-state index >= 15 is 0 Å². The third-order valence-corrected chi connectivity index (χ3v) is 6.14. The Balaban J connectivity index is 1.38. The van der Waals surface area contributed by atoms with Gasteiger partial charge in [-0.15, -0.1) is 0 Å². The van der Waals surface area contributed by atoms with Gasteiger partial charge in [-0.25, -0.2) is 9.78 Å². The molecule has 0 unspecified atom stereocenters. The summed E-state index contributed by atoms with van der Waals surface area (Å²) in [4.78, 5) is 32.1. The summed E-state index contributed by atoms with van der Waals surface area (Å²) in [7, 11) is 0. The Bertz CT molecular complexity index is 1430. The average molecular weight is 544 g/mol. The number of benzene rings is 2. The number of alkyl carbamates (subject to hydrolysis) is 1. The fraction of sp³-hybridized carbons (Fsp3) is 0.290. The maximum atomic E-state index is 12.0. The molecule has 0 saturated carbocycles. The summed E-state index contributed by atoms with van der Waals surface area (Å²) in [5.74, 6) is 0.999. The van der Waals surface area contributed by atoms with Gasteiger partial charge in [0.05, 0.1) is 24.1 Å². The second-order valence-electron chi connectivity index (χ2n) is 9.54. The van der Waals surface area contributed by atoms with Crippen molar-refractivity contribution in [2.75, 3.05) is 6.61 Å². The quantitative estimate of drug-likeness (QED) is 0.223. The summed E-state index contributed by atoms with van der Waals surface area (Å²) in [5.41, 5.74) is 5.20. The van der Waals surface area contributed by atoms with Crippen molar-refractivity contribution in [2.24, 2.45) is 0 Å². The lowest BCUT2D eigenvalue weighted by Gasteiger charge is -2.14. The molecule has 208 valence electrons. The maximum absolute atomic E-state index is 12.0. The second kappa shape index (κ2) is 13.4. The van der Waals surface area contributed by atoms with Crippen molar-refractivity contribution in [2.45, 2.75) is 52.7 Å². The van der Waals surface area contributed by atoms with Crippen LogP contribution in [0.3, 0.4) is 0 Å². The number of rotatable bonds is 12. The number of oxazole rings is 1. The summed E-state index contributed by atoms with van der Waals surface area (Å²) in [6.07, 6.45) is 1.86. The number of carbonyl (C=O) groups excluding carboxylic acids is 1. The van der Waals surface area contributed by atoms with Crippen LogP contribution in [0.4, 0.5) is 4.79 Å². The van der Waals surface area contributed by atoms with E-state index in [0.717, 1.165) is 39.4 Å². The molecule has 0 saturated heterocycles. The summed E-state index contributed by atoms with van der Waals surface area (Å²) < 4.78 is 17.0. The minimum absolute atomic E-state index is 0.0106. The maximum Gasteiger partial charge on any atom is 0.407 e. The van der Waals surface area contributed by atoms with E-state index in [1.807, 2.05) is 61.5 Å². The molecule has 0 aliphatic rings. The van der Waals surface area contributed by atoms with Gasteiger partial charge in [0.1, 0.15) is 11.5 Å². The minimum Gasteiger partial charge on any atom is -0.493 e. The summed E-state index contributed by atoms with van der Waals surface area (Å²) in [6.45, 7) is 5.98. The summed E-state index contributed by atoms with van der Waals surface area (Å²) >= 11 is 0. The molecule has 1 amide bonds. The number of carbonyl (C=O) groups is 2. The second-order valence-corrected chi connectivity index (χ2v) is 9.54. The summed E-state index contributed by atoms with van der Waals surface area (Å²) in [6, 6.07) is 19.2. The van der Waals surface area contributed by atoms with Crippen LogP contribution in [0.5, 0.6) is 5.75 Å². The van der Waals surface area contributed by atoms with E-state index in [9.17, 15) is 9.59 Å². The molecule has 0 spiro atoms. The average Bonchev–Trinajstić information content (AvgIpc) is 3.31. The zero-order valence-electron chi connectivity index (χ0n) is 22.8. The van der Waals surface area contributed by atoms with E-state index in [4.69, 9.17) is 19.0 Å². The highest BCUT2D eigenvalue weighted by Crippen LogP contribution is 2.26. The van der Waals surface area contributed by atoms with Crippen LogP contribution in [0, 0.1) is 6.92 Å². The Hall–Kier alpha value is -4.66. The number of amides is 1. The molecule has 0 bridgehead atoms. The van der Waals surface area contributed by atoms with Crippen molar-refractivity contribution in [3.05, 3.63) is 89.4 Å². The number of aryl methyl sites for hydroxylation is 2. The molecule has 2 N–H and O–H groups in total. The smallest absolute Gasteiger partial charge is 0.407 e. The van der Waals surface area contributed by atoms with E-state index < -0.39 is 12.1 Å². The first-order valence-corrected chi connectivity index (χ1v) is 13.2. The van der Waals surface area contributed by atoms with Crippen molar-refractivity contribution in [3.8, 4) is 28.5 Å². The monoisotopic (exact) mass is 543 g/mol. The lowest BCUT2D eigenvalue weighted by atomic mass is 10.0. The highest BCUT2D eigenvalue weighted by atomic mass is 16.6. The molecular weight excluding hydrogens is 510 g/mol. The number of hydrogen-bond donors (Lipinski definition) is 2. The largest absolute Gasteiger partial charge is 0.493 e. The van der Waals surface area contributed by atoms with Crippen LogP contribution in [0.1, 0.15) is 42.8 Å². The van der Waals surface area contributed by atoms with Crippen LogP contribution < -0.4 is 10.1 Å². The molecule has 9 nitrogen and oxygen atoms in total. The van der Waals surface area contributed by atoms with Crippen molar-refractivity contribution in [1.29, 1.82) is 0 Å². The van der Waals surface area contributed by atoms with Gasteiger partial charge in [0.2, 0.25) is 5.89 Å². The van der Waals surface area contributed by atoms with Crippen LogP contribution >= 0.6 is 0 Å². The number of ether oxygens (including phenoxy) is 2. The molecule has 0 radical (unpaired) electrons. The third-order valence-electron chi connectivity index (χ3n) is 6.14. The number of nitrogens with zero attached hydrogens (tertiary/aromatic N) is 2. The van der Waals surface area contributed by atoms with Crippen LogP contribution in [0.15, 0.2) is 71.3 Å². The lowest BCUT2D eigenvalue weighted by molar-refractivity contribution is -0.136. The van der Waals surface area contributed by atoms with Crippen molar-refractivity contribution in [1.82, 2.24) is 15.3 Å². The highest BCUT2D eigenvalue weighted by molar-refractivity contribution is 5.68. The Labute approximate surface area is 233 Å². The predicted octanol–water partition coefficient (Wildman–Crippen LogP) is 5.99. The molecule has 2 aromatic carbocycles. The van der Waals surface area contributed by atoms with Gasteiger partial charge in [0.15, 0.2) is 0 Å². The van der Waals surface area contributed by atoms with Crippen LogP contribution in [-0.4, -0.2) is 39.8 Å². The Morgan fingerprint density at radius 1 is 1.00 bits per heavy atom. The number of carboxylic acids is 1. The molecule has 0 aliphatic heterocycles. The van der Waals surface area contributed by atoms with E-state index in [1.54, 1.807) is 26.1 Å². The van der Waals surface area contributed by atoms with Crippen LogP contribution in [0.25, 0.3) is 22.7 Å². The Kier molecular flexibility index (Phi) is 9.51. The normalized spacial score (nSPS) is 10.9. The molecule has 0 atom stereocenters. The zero-order valence-corrected chi connectivity index (χ0v) is 22.8. The first-order chi connectivity index (χ1) is 19.3. The van der Waals surface area contributed by atoms with Gasteiger partial charge in [-0.3, -0.25) is 9.78 Å².